The van der Waals surface area contributed by atoms with Crippen LogP contribution in [0.5, 0.6) is 0 Å². The molecule has 3 aromatic carbocycles. The van der Waals surface area contributed by atoms with Gasteiger partial charge in [-0.3, -0.25) is 4.98 Å². The Kier molecular flexibility index (Phi) is 5.75. The smallest absolute Gasteiger partial charge is 0.224 e. The van der Waals surface area contributed by atoms with E-state index in [0.29, 0.717) is 11.4 Å². The van der Waals surface area contributed by atoms with Gasteiger partial charge in [0.1, 0.15) is 0 Å². The Balaban J connectivity index is 1.28. The molecule has 0 aliphatic heterocycles. The van der Waals surface area contributed by atoms with Crippen molar-refractivity contribution in [3.05, 3.63) is 139 Å². The Labute approximate surface area is 235 Å². The van der Waals surface area contributed by atoms with Gasteiger partial charge in [-0.1, -0.05) is 42.5 Å². The highest BCUT2D eigenvalue weighted by molar-refractivity contribution is 6.09. The van der Waals surface area contributed by atoms with Crippen LogP contribution in [0.25, 0.3) is 44.4 Å². The molecule has 0 N–H and O–H groups in total. The van der Waals surface area contributed by atoms with Gasteiger partial charge >= 0.3 is 0 Å². The molecule has 0 saturated heterocycles. The van der Waals surface area contributed by atoms with Crippen LogP contribution >= 0.6 is 0 Å². The van der Waals surface area contributed by atoms with Crippen molar-refractivity contribution in [2.24, 2.45) is 0 Å². The van der Waals surface area contributed by atoms with Crippen molar-refractivity contribution < 1.29 is 8.78 Å². The van der Waals surface area contributed by atoms with E-state index in [-0.39, 0.29) is 5.56 Å². The molecular formula is C34H25F2N5. The number of halogens is 2. The molecule has 0 spiro atoms. The van der Waals surface area contributed by atoms with Crippen LogP contribution < -0.4 is 0 Å². The molecule has 0 bridgehead atoms. The Hall–Kier alpha value is -5.17. The zero-order valence-corrected chi connectivity index (χ0v) is 22.5. The van der Waals surface area contributed by atoms with Gasteiger partial charge in [-0.05, 0) is 80.6 Å². The largest absolute Gasteiger partial charge is 0.309 e. The lowest BCUT2D eigenvalue weighted by Crippen LogP contribution is -2.22. The van der Waals surface area contributed by atoms with Gasteiger partial charge in [0, 0.05) is 22.7 Å². The molecule has 4 aromatic heterocycles. The molecule has 7 aromatic rings. The minimum Gasteiger partial charge on any atom is -0.309 e. The molecule has 7 heteroatoms. The van der Waals surface area contributed by atoms with Gasteiger partial charge in [-0.2, -0.15) is 18.9 Å². The van der Waals surface area contributed by atoms with E-state index in [0.717, 1.165) is 39.6 Å². The summed E-state index contributed by atoms with van der Waals surface area (Å²) in [5.74, 6) is -1.75. The number of para-hydroxylation sites is 2. The fourth-order valence-corrected chi connectivity index (χ4v) is 5.43. The molecule has 0 radical (unpaired) electrons. The Morgan fingerprint density at radius 1 is 0.634 bits per heavy atom. The number of benzene rings is 3. The summed E-state index contributed by atoms with van der Waals surface area (Å²) in [7, 11) is 0. The van der Waals surface area contributed by atoms with E-state index in [4.69, 9.17) is 10.1 Å². The van der Waals surface area contributed by atoms with Crippen LogP contribution in [0, 0.1) is 11.9 Å². The first-order valence-corrected chi connectivity index (χ1v) is 13.4. The Bertz CT molecular complexity index is 2060. The standard InChI is InChI=1S/C34H25F2N5/c1-34(2,30-14-8-12-27(37-30)25-16-18-32(35)38-33(25)36)31-19-20-40(39-31)23-15-17-29-26(21-23)24-11-6-7-13-28(24)41(29)22-9-4-3-5-10-22/h3-21H,1-2H3. The summed E-state index contributed by atoms with van der Waals surface area (Å²) < 4.78 is 31.9. The van der Waals surface area contributed by atoms with Crippen LogP contribution in [0.3, 0.4) is 0 Å². The van der Waals surface area contributed by atoms with E-state index in [9.17, 15) is 8.78 Å². The van der Waals surface area contributed by atoms with E-state index in [1.54, 1.807) is 6.07 Å². The number of pyridine rings is 2. The average molecular weight is 542 g/mol. The number of rotatable bonds is 5. The maximum Gasteiger partial charge on any atom is 0.224 e. The second-order valence-electron chi connectivity index (χ2n) is 10.5. The Morgan fingerprint density at radius 3 is 2.24 bits per heavy atom. The molecule has 0 amide bonds. The lowest BCUT2D eigenvalue weighted by molar-refractivity contribution is 0.514. The third-order valence-electron chi connectivity index (χ3n) is 7.64. The van der Waals surface area contributed by atoms with Crippen molar-refractivity contribution in [1.29, 1.82) is 0 Å². The van der Waals surface area contributed by atoms with E-state index < -0.39 is 17.3 Å². The van der Waals surface area contributed by atoms with E-state index in [1.807, 2.05) is 49.0 Å². The highest BCUT2D eigenvalue weighted by Crippen LogP contribution is 2.34. The van der Waals surface area contributed by atoms with Crippen molar-refractivity contribution in [3.63, 3.8) is 0 Å². The number of hydrogen-bond acceptors (Lipinski definition) is 3. The average Bonchev–Trinajstić information content (AvgIpc) is 3.62. The minimum atomic E-state index is -0.888. The second kappa shape index (κ2) is 9.48. The second-order valence-corrected chi connectivity index (χ2v) is 10.5. The fourth-order valence-electron chi connectivity index (χ4n) is 5.43. The van der Waals surface area contributed by atoms with Crippen LogP contribution in [0.4, 0.5) is 8.78 Å². The summed E-state index contributed by atoms with van der Waals surface area (Å²) in [4.78, 5) is 8.02. The number of fused-ring (bicyclic) bond motifs is 3. The van der Waals surface area contributed by atoms with Gasteiger partial charge in [0.15, 0.2) is 0 Å². The fraction of sp³-hybridized carbons (Fsp3) is 0.0882. The SMILES string of the molecule is CC(C)(c1cccc(-c2ccc(F)nc2F)n1)c1ccn(-c2ccc3c(c2)c2ccccc2n3-c2ccccc2)n1. The molecule has 200 valence electrons. The monoisotopic (exact) mass is 541 g/mol. The molecule has 0 aliphatic rings. The van der Waals surface area contributed by atoms with Gasteiger partial charge in [0.2, 0.25) is 11.9 Å². The van der Waals surface area contributed by atoms with Crippen LogP contribution in [0.2, 0.25) is 0 Å². The summed E-state index contributed by atoms with van der Waals surface area (Å²) in [6, 6.07) is 35.0. The van der Waals surface area contributed by atoms with Crippen LogP contribution in [-0.4, -0.2) is 24.3 Å². The molecule has 0 aliphatic carbocycles. The number of aromatic nitrogens is 5. The zero-order chi connectivity index (χ0) is 28.1. The van der Waals surface area contributed by atoms with E-state index >= 15 is 0 Å². The maximum atomic E-state index is 14.4. The summed E-state index contributed by atoms with van der Waals surface area (Å²) >= 11 is 0. The summed E-state index contributed by atoms with van der Waals surface area (Å²) in [6.45, 7) is 4.06. The maximum absolute atomic E-state index is 14.4. The number of hydrogen-bond donors (Lipinski definition) is 0. The molecule has 4 heterocycles. The normalized spacial score (nSPS) is 11.9. The predicted octanol–water partition coefficient (Wildman–Crippen LogP) is 8.03. The van der Waals surface area contributed by atoms with Gasteiger partial charge in [0.25, 0.3) is 0 Å². The van der Waals surface area contributed by atoms with E-state index in [2.05, 4.69) is 76.3 Å². The molecule has 7 rings (SSSR count). The van der Waals surface area contributed by atoms with Crippen molar-refractivity contribution in [2.45, 2.75) is 19.3 Å². The molecule has 41 heavy (non-hydrogen) atoms. The van der Waals surface area contributed by atoms with Crippen molar-refractivity contribution in [1.82, 2.24) is 24.3 Å². The molecule has 0 fully saturated rings. The van der Waals surface area contributed by atoms with Crippen molar-refractivity contribution >= 4 is 21.8 Å². The third kappa shape index (κ3) is 4.17. The van der Waals surface area contributed by atoms with Gasteiger partial charge < -0.3 is 4.57 Å². The summed E-state index contributed by atoms with van der Waals surface area (Å²) in [6.07, 6.45) is 1.95. The first kappa shape index (κ1) is 24.8. The van der Waals surface area contributed by atoms with Crippen LogP contribution in [0.1, 0.15) is 25.2 Å². The zero-order valence-electron chi connectivity index (χ0n) is 22.5. The molecule has 0 saturated carbocycles. The molecule has 0 unspecified atom stereocenters. The lowest BCUT2D eigenvalue weighted by atomic mass is 9.85. The van der Waals surface area contributed by atoms with Gasteiger partial charge in [0.05, 0.1) is 44.8 Å². The molecule has 5 nitrogen and oxygen atoms in total. The highest BCUT2D eigenvalue weighted by Gasteiger charge is 2.28. The first-order valence-electron chi connectivity index (χ1n) is 13.4. The number of nitrogens with zero attached hydrogens (tertiary/aromatic N) is 5. The third-order valence-corrected chi connectivity index (χ3v) is 7.64. The summed E-state index contributed by atoms with van der Waals surface area (Å²) in [5.41, 5.74) is 5.80. The van der Waals surface area contributed by atoms with Gasteiger partial charge in [-0.25, -0.2) is 4.68 Å². The molecule has 0 atom stereocenters. The van der Waals surface area contributed by atoms with Crippen LogP contribution in [0.15, 0.2) is 115 Å². The van der Waals surface area contributed by atoms with Gasteiger partial charge in [-0.15, -0.1) is 0 Å². The van der Waals surface area contributed by atoms with Crippen molar-refractivity contribution in [2.75, 3.05) is 0 Å². The van der Waals surface area contributed by atoms with E-state index in [1.165, 1.54) is 11.5 Å². The summed E-state index contributed by atoms with van der Waals surface area (Å²) in [5, 5.41) is 7.26. The predicted molar refractivity (Wildman–Crippen MR) is 157 cm³/mol. The first-order chi connectivity index (χ1) is 19.9. The van der Waals surface area contributed by atoms with Crippen molar-refractivity contribution in [3.8, 4) is 22.6 Å². The lowest BCUT2D eigenvalue weighted by Gasteiger charge is -2.22. The Morgan fingerprint density at radius 2 is 1.41 bits per heavy atom. The molecular weight excluding hydrogens is 516 g/mol. The quantitative estimate of drug-likeness (QED) is 0.207. The topological polar surface area (TPSA) is 48.5 Å². The van der Waals surface area contributed by atoms with Crippen LogP contribution in [-0.2, 0) is 5.41 Å². The minimum absolute atomic E-state index is 0.151. The highest BCUT2D eigenvalue weighted by atomic mass is 19.1.